The Balaban J connectivity index is 1.31. The minimum atomic E-state index is -0.560. The highest BCUT2D eigenvalue weighted by Gasteiger charge is 2.48. The summed E-state index contributed by atoms with van der Waals surface area (Å²) in [6.45, 7) is 8.98. The van der Waals surface area contributed by atoms with Gasteiger partial charge in [-0.2, -0.15) is 0 Å². The van der Waals surface area contributed by atoms with Gasteiger partial charge in [-0.25, -0.2) is 4.79 Å². The minimum Gasteiger partial charge on any atom is -0.444 e. The van der Waals surface area contributed by atoms with Crippen molar-refractivity contribution in [3.05, 3.63) is 65.0 Å². The molecule has 1 aromatic carbocycles. The van der Waals surface area contributed by atoms with Crippen molar-refractivity contribution in [1.82, 2.24) is 9.88 Å². The number of fused-ring (bicyclic) bond motifs is 1. The van der Waals surface area contributed by atoms with Gasteiger partial charge in [0.05, 0.1) is 36.1 Å². The summed E-state index contributed by atoms with van der Waals surface area (Å²) >= 11 is 7.91. The number of carbonyl (C=O) groups excluding carboxylic acids is 1. The van der Waals surface area contributed by atoms with E-state index in [0.717, 1.165) is 21.7 Å². The third kappa shape index (κ3) is 6.45. The zero-order chi connectivity index (χ0) is 27.7. The number of benzene rings is 1. The van der Waals surface area contributed by atoms with Crippen LogP contribution in [-0.4, -0.2) is 72.1 Å². The topological polar surface area (TPSA) is 79.4 Å². The van der Waals surface area contributed by atoms with Crippen molar-refractivity contribution >= 4 is 35.0 Å². The molecule has 1 aromatic heterocycles. The van der Waals surface area contributed by atoms with Crippen molar-refractivity contribution in [1.29, 1.82) is 0 Å². The summed E-state index contributed by atoms with van der Waals surface area (Å²) in [5.41, 5.74) is 1.78. The normalized spacial score (nSPS) is 29.1. The molecule has 6 atom stereocenters. The molecule has 3 aliphatic rings. The number of hydrogen-bond donors (Lipinski definition) is 0. The molecular formula is C29H35ClN2O6S. The summed E-state index contributed by atoms with van der Waals surface area (Å²) in [5.74, 6) is 0.0466. The standard InChI is InChI=1S/C29H35ClN2O6S/c1-17-24-21(16-35-26(37-24)18-9-7-6-8-10-18)36-27(25(17)34-5)39-22-13-20(30)14-31-23(22)19-11-12-32(15-19)28(33)38-29(2,3)4/h6-11,13-14,17,21,24-27H,12,15-16H2,1-5H3/t17?,21?,24-,25?,26?,27-/m1/s1. The largest absolute Gasteiger partial charge is 0.444 e. The zero-order valence-corrected chi connectivity index (χ0v) is 24.4. The van der Waals surface area contributed by atoms with Gasteiger partial charge in [-0.15, -0.1) is 0 Å². The van der Waals surface area contributed by atoms with E-state index in [1.165, 1.54) is 11.8 Å². The maximum absolute atomic E-state index is 12.6. The lowest BCUT2D eigenvalue weighted by Gasteiger charge is -2.48. The van der Waals surface area contributed by atoms with E-state index in [1.54, 1.807) is 18.2 Å². The lowest BCUT2D eigenvalue weighted by atomic mass is 9.90. The molecule has 0 N–H and O–H groups in total. The molecule has 10 heteroatoms. The molecule has 210 valence electrons. The number of aromatic nitrogens is 1. The van der Waals surface area contributed by atoms with Crippen LogP contribution < -0.4 is 0 Å². The van der Waals surface area contributed by atoms with E-state index in [0.29, 0.717) is 24.7 Å². The van der Waals surface area contributed by atoms with Gasteiger partial charge in [0.25, 0.3) is 0 Å². The van der Waals surface area contributed by atoms with Crippen molar-refractivity contribution in [2.24, 2.45) is 5.92 Å². The van der Waals surface area contributed by atoms with Gasteiger partial charge < -0.3 is 28.6 Å². The second-order valence-electron chi connectivity index (χ2n) is 11.0. The monoisotopic (exact) mass is 574 g/mol. The summed E-state index contributed by atoms with van der Waals surface area (Å²) < 4.78 is 30.5. The van der Waals surface area contributed by atoms with Crippen molar-refractivity contribution in [3.8, 4) is 0 Å². The van der Waals surface area contributed by atoms with Gasteiger partial charge in [-0.05, 0) is 32.4 Å². The van der Waals surface area contributed by atoms with Crippen molar-refractivity contribution in [3.63, 3.8) is 0 Å². The summed E-state index contributed by atoms with van der Waals surface area (Å²) in [6.07, 6.45) is 2.18. The Kier molecular flexibility index (Phi) is 8.56. The molecule has 8 nitrogen and oxygen atoms in total. The Labute approximate surface area is 238 Å². The van der Waals surface area contributed by atoms with Gasteiger partial charge >= 0.3 is 6.09 Å². The maximum atomic E-state index is 12.6. The molecule has 0 saturated carbocycles. The van der Waals surface area contributed by atoms with Gasteiger partial charge in [0.15, 0.2) is 6.29 Å². The second-order valence-corrected chi connectivity index (χ2v) is 12.6. The first-order valence-electron chi connectivity index (χ1n) is 13.1. The molecule has 0 bridgehead atoms. The average Bonchev–Trinajstić information content (AvgIpc) is 3.39. The first-order valence-corrected chi connectivity index (χ1v) is 14.4. The fraction of sp³-hybridized carbons (Fsp3) is 0.517. The van der Waals surface area contributed by atoms with Gasteiger partial charge in [-0.1, -0.05) is 66.7 Å². The average molecular weight is 575 g/mol. The highest BCUT2D eigenvalue weighted by atomic mass is 35.5. The first kappa shape index (κ1) is 28.4. The highest BCUT2D eigenvalue weighted by Crippen LogP contribution is 2.44. The van der Waals surface area contributed by atoms with Crippen molar-refractivity contribution in [2.75, 3.05) is 26.8 Å². The van der Waals surface area contributed by atoms with Crippen LogP contribution in [0.1, 0.15) is 45.2 Å². The van der Waals surface area contributed by atoms with Crippen LogP contribution in [0.15, 0.2) is 53.6 Å². The van der Waals surface area contributed by atoms with Crippen LogP contribution in [0.3, 0.4) is 0 Å². The molecule has 5 rings (SSSR count). The van der Waals surface area contributed by atoms with Crippen LogP contribution >= 0.6 is 23.4 Å². The number of carbonyl (C=O) groups is 1. The lowest BCUT2D eigenvalue weighted by molar-refractivity contribution is -0.309. The van der Waals surface area contributed by atoms with Crippen LogP contribution in [0, 0.1) is 5.92 Å². The smallest absolute Gasteiger partial charge is 0.410 e. The fourth-order valence-electron chi connectivity index (χ4n) is 5.09. The highest BCUT2D eigenvalue weighted by molar-refractivity contribution is 7.99. The summed E-state index contributed by atoms with van der Waals surface area (Å²) in [7, 11) is 1.70. The number of methoxy groups -OCH3 is 1. The van der Waals surface area contributed by atoms with Gasteiger partial charge in [0, 0.05) is 36.2 Å². The molecule has 2 aromatic rings. The van der Waals surface area contributed by atoms with Crippen LogP contribution in [0.25, 0.3) is 5.57 Å². The van der Waals surface area contributed by atoms with Gasteiger partial charge in [0.2, 0.25) is 0 Å². The van der Waals surface area contributed by atoms with Crippen LogP contribution in [0.5, 0.6) is 0 Å². The van der Waals surface area contributed by atoms with E-state index in [9.17, 15) is 4.79 Å². The predicted molar refractivity (Wildman–Crippen MR) is 150 cm³/mol. The number of amides is 1. The number of rotatable bonds is 5. The molecule has 2 fully saturated rings. The first-order chi connectivity index (χ1) is 18.6. The Morgan fingerprint density at radius 1 is 1.21 bits per heavy atom. The SMILES string of the molecule is COC1C(C)[C@H]2OC(c3ccccc3)OCC2O[C@@H]1Sc1cc(Cl)cnc1C1=CCN(C(=O)OC(C)(C)C)C1. The third-order valence-electron chi connectivity index (χ3n) is 6.95. The lowest BCUT2D eigenvalue weighted by Crippen LogP contribution is -2.57. The molecule has 1 amide bonds. The van der Waals surface area contributed by atoms with E-state index in [4.69, 9.17) is 35.3 Å². The Bertz CT molecular complexity index is 1210. The molecule has 4 heterocycles. The Morgan fingerprint density at radius 3 is 2.69 bits per heavy atom. The number of halogens is 1. The number of nitrogens with zero attached hydrogens (tertiary/aromatic N) is 2. The van der Waals surface area contributed by atoms with Gasteiger partial charge in [0.1, 0.15) is 17.1 Å². The third-order valence-corrected chi connectivity index (χ3v) is 8.34. The Hall–Kier alpha value is -2.14. The van der Waals surface area contributed by atoms with E-state index in [1.807, 2.05) is 63.2 Å². The van der Waals surface area contributed by atoms with Crippen LogP contribution in [0.4, 0.5) is 4.79 Å². The van der Waals surface area contributed by atoms with Crippen LogP contribution in [0.2, 0.25) is 5.02 Å². The number of ether oxygens (including phenoxy) is 5. The minimum absolute atomic E-state index is 0.0466. The van der Waals surface area contributed by atoms with Crippen molar-refractivity contribution in [2.45, 2.75) is 68.2 Å². The molecular weight excluding hydrogens is 540 g/mol. The molecule has 0 aliphatic carbocycles. The molecule has 2 saturated heterocycles. The molecule has 4 unspecified atom stereocenters. The van der Waals surface area contributed by atoms with Gasteiger partial charge in [-0.3, -0.25) is 4.98 Å². The maximum Gasteiger partial charge on any atom is 0.410 e. The molecule has 0 radical (unpaired) electrons. The fourth-order valence-corrected chi connectivity index (χ4v) is 6.74. The Morgan fingerprint density at radius 2 is 1.97 bits per heavy atom. The zero-order valence-electron chi connectivity index (χ0n) is 22.8. The van der Waals surface area contributed by atoms with E-state index in [2.05, 4.69) is 11.9 Å². The number of thioether (sulfide) groups is 1. The quantitative estimate of drug-likeness (QED) is 0.433. The molecule has 0 spiro atoms. The summed E-state index contributed by atoms with van der Waals surface area (Å²) in [5, 5.41) is 0.523. The van der Waals surface area contributed by atoms with Crippen LogP contribution in [-0.2, 0) is 23.7 Å². The summed E-state index contributed by atoms with van der Waals surface area (Å²) in [4.78, 5) is 19.8. The summed E-state index contributed by atoms with van der Waals surface area (Å²) in [6, 6.07) is 11.8. The number of pyridine rings is 1. The predicted octanol–water partition coefficient (Wildman–Crippen LogP) is 5.95. The van der Waals surface area contributed by atoms with Crippen molar-refractivity contribution < 1.29 is 28.5 Å². The van der Waals surface area contributed by atoms with E-state index in [-0.39, 0.29) is 35.8 Å². The number of hydrogen-bond acceptors (Lipinski definition) is 8. The second kappa shape index (κ2) is 11.8. The molecule has 3 aliphatic heterocycles. The van der Waals surface area contributed by atoms with E-state index >= 15 is 0 Å². The van der Waals surface area contributed by atoms with E-state index < -0.39 is 11.9 Å². The molecule has 39 heavy (non-hydrogen) atoms.